The summed E-state index contributed by atoms with van der Waals surface area (Å²) in [6, 6.07) is 40.0. The Labute approximate surface area is 239 Å². The molecule has 7 rings (SSSR count). The summed E-state index contributed by atoms with van der Waals surface area (Å²) in [5, 5.41) is 17.0. The Balaban J connectivity index is 0.000000124. The second-order valence-corrected chi connectivity index (χ2v) is 9.72. The van der Waals surface area contributed by atoms with Gasteiger partial charge in [-0.25, -0.2) is 9.59 Å². The first-order valence-electron chi connectivity index (χ1n) is 13.5. The Bertz CT molecular complexity index is 1490. The van der Waals surface area contributed by atoms with Crippen molar-refractivity contribution in [3.8, 4) is 22.3 Å². The molecule has 5 aromatic carbocycles. The van der Waals surface area contributed by atoms with Crippen molar-refractivity contribution in [1.82, 2.24) is 0 Å². The van der Waals surface area contributed by atoms with Crippen LogP contribution in [0.1, 0.15) is 43.0 Å². The van der Waals surface area contributed by atoms with E-state index in [0.29, 0.717) is 0 Å². The molecule has 2 aliphatic carbocycles. The van der Waals surface area contributed by atoms with Gasteiger partial charge in [-0.15, -0.1) is 0 Å². The third kappa shape index (κ3) is 6.43. The maximum atomic E-state index is 11.2. The van der Waals surface area contributed by atoms with Gasteiger partial charge in [0.25, 0.3) is 0 Å². The number of carbonyl (C=O) groups is 2. The van der Waals surface area contributed by atoms with E-state index in [9.17, 15) is 9.59 Å². The number of rotatable bonds is 4. The van der Waals surface area contributed by atoms with Crippen LogP contribution < -0.4 is 0 Å². The zero-order valence-corrected chi connectivity index (χ0v) is 22.5. The zero-order valence-electron chi connectivity index (χ0n) is 22.5. The number of carbonyl (C=O) groups excluding carboxylic acids is 1. The highest BCUT2D eigenvalue weighted by molar-refractivity contribution is 5.92. The van der Waals surface area contributed by atoms with Gasteiger partial charge >= 0.3 is 11.9 Å². The van der Waals surface area contributed by atoms with Gasteiger partial charge in [-0.1, -0.05) is 97.1 Å². The molecule has 0 bridgehead atoms. The van der Waals surface area contributed by atoms with Crippen LogP contribution in [0.4, 0.5) is 0 Å². The highest BCUT2D eigenvalue weighted by atomic mass is 16.5. The van der Waals surface area contributed by atoms with Crippen molar-refractivity contribution in [1.29, 1.82) is 0 Å². The lowest BCUT2D eigenvalue weighted by atomic mass is 10.1. The predicted octanol–water partition coefficient (Wildman–Crippen LogP) is 7.05. The third-order valence-electron chi connectivity index (χ3n) is 7.10. The summed E-state index contributed by atoms with van der Waals surface area (Å²) in [6.07, 6.45) is 2.21. The summed E-state index contributed by atoms with van der Waals surface area (Å²) in [7, 11) is 0. The molecular formula is C36H30O5. The zero-order chi connectivity index (χ0) is 28.6. The van der Waals surface area contributed by atoms with Crippen LogP contribution in [0, 0.1) is 0 Å². The van der Waals surface area contributed by atoms with E-state index in [2.05, 4.69) is 102 Å². The Morgan fingerprint density at radius 3 is 1.22 bits per heavy atom. The molecule has 5 nitrogen and oxygen atoms in total. The fourth-order valence-electron chi connectivity index (χ4n) is 5.13. The maximum absolute atomic E-state index is 11.2. The van der Waals surface area contributed by atoms with Gasteiger partial charge < -0.3 is 14.9 Å². The van der Waals surface area contributed by atoms with Crippen molar-refractivity contribution in [2.24, 2.45) is 0 Å². The van der Waals surface area contributed by atoms with E-state index in [1.807, 2.05) is 0 Å². The number of carboxylic acids is 1. The average Bonchev–Trinajstić information content (AvgIpc) is 3.59. The number of aliphatic hydroxyl groups is 1. The SMILES string of the molecule is O=C(O)c1ccc(C(=O)OCCO)cc1.c1ccc2c(c1)Cc1ccccc1-2.c1ccc2c(c1)Cc1ccccc1-2. The molecule has 5 heteroatoms. The number of hydrogen-bond donors (Lipinski definition) is 2. The van der Waals surface area contributed by atoms with E-state index in [0.717, 1.165) is 12.8 Å². The third-order valence-corrected chi connectivity index (χ3v) is 7.10. The molecular weight excluding hydrogens is 512 g/mol. The fraction of sp³-hybridized carbons (Fsp3) is 0.111. The molecule has 204 valence electrons. The largest absolute Gasteiger partial charge is 0.478 e. The van der Waals surface area contributed by atoms with E-state index in [4.69, 9.17) is 10.2 Å². The number of ether oxygens (including phenoxy) is 1. The van der Waals surface area contributed by atoms with Gasteiger partial charge in [0.2, 0.25) is 0 Å². The molecule has 0 heterocycles. The minimum atomic E-state index is -1.05. The van der Waals surface area contributed by atoms with E-state index in [1.54, 1.807) is 0 Å². The molecule has 0 spiro atoms. The number of hydrogen-bond acceptors (Lipinski definition) is 4. The van der Waals surface area contributed by atoms with Crippen LogP contribution in [0.3, 0.4) is 0 Å². The van der Waals surface area contributed by atoms with E-state index >= 15 is 0 Å². The number of benzene rings is 5. The second kappa shape index (κ2) is 12.9. The van der Waals surface area contributed by atoms with E-state index in [-0.39, 0.29) is 24.3 Å². The molecule has 0 aromatic heterocycles. The summed E-state index contributed by atoms with van der Waals surface area (Å²) in [5.74, 6) is -1.63. The number of aliphatic hydroxyl groups excluding tert-OH is 1. The van der Waals surface area contributed by atoms with Gasteiger partial charge in [0.1, 0.15) is 6.61 Å². The highest BCUT2D eigenvalue weighted by Crippen LogP contribution is 2.36. The summed E-state index contributed by atoms with van der Waals surface area (Å²) < 4.78 is 4.64. The monoisotopic (exact) mass is 542 g/mol. The van der Waals surface area contributed by atoms with Crippen LogP contribution >= 0.6 is 0 Å². The van der Waals surface area contributed by atoms with Gasteiger partial charge in [-0.05, 0) is 81.6 Å². The summed E-state index contributed by atoms with van der Waals surface area (Å²) in [5.41, 5.74) is 11.9. The molecule has 0 radical (unpaired) electrons. The molecule has 0 fully saturated rings. The molecule has 0 unspecified atom stereocenters. The quantitative estimate of drug-likeness (QED) is 0.233. The Hall–Kier alpha value is -5.00. The standard InChI is InChI=1S/2C13H10.C10H10O5/c2*1-3-7-12-10(5-1)9-11-6-2-4-8-13(11)12;11-5-6-15-10(14)8-3-1-7(2-4-8)9(12)13/h2*1-8H,9H2;1-4,11H,5-6H2,(H,12,13). The van der Waals surface area contributed by atoms with Gasteiger partial charge in [0.15, 0.2) is 0 Å². The van der Waals surface area contributed by atoms with Crippen molar-refractivity contribution in [2.75, 3.05) is 13.2 Å². The smallest absolute Gasteiger partial charge is 0.338 e. The lowest BCUT2D eigenvalue weighted by Gasteiger charge is -2.02. The minimum absolute atomic E-state index is 0.0699. The van der Waals surface area contributed by atoms with Crippen molar-refractivity contribution >= 4 is 11.9 Å². The average molecular weight is 543 g/mol. The molecule has 2 N–H and O–H groups in total. The second-order valence-electron chi connectivity index (χ2n) is 9.72. The molecule has 0 saturated heterocycles. The van der Waals surface area contributed by atoms with Crippen LogP contribution in [0.5, 0.6) is 0 Å². The molecule has 41 heavy (non-hydrogen) atoms. The van der Waals surface area contributed by atoms with Crippen molar-refractivity contribution in [3.63, 3.8) is 0 Å². The first-order chi connectivity index (χ1) is 20.0. The Morgan fingerprint density at radius 1 is 0.537 bits per heavy atom. The first kappa shape index (κ1) is 27.6. The van der Waals surface area contributed by atoms with Gasteiger partial charge in [0, 0.05) is 0 Å². The molecule has 0 atom stereocenters. The Morgan fingerprint density at radius 2 is 0.878 bits per heavy atom. The number of esters is 1. The van der Waals surface area contributed by atoms with Crippen LogP contribution in [0.15, 0.2) is 121 Å². The summed E-state index contributed by atoms with van der Waals surface area (Å²) >= 11 is 0. The molecule has 5 aromatic rings. The first-order valence-corrected chi connectivity index (χ1v) is 13.5. The van der Waals surface area contributed by atoms with Crippen molar-refractivity contribution in [3.05, 3.63) is 155 Å². The van der Waals surface area contributed by atoms with Gasteiger partial charge in [-0.2, -0.15) is 0 Å². The summed E-state index contributed by atoms with van der Waals surface area (Å²) in [6.45, 7) is -0.307. The minimum Gasteiger partial charge on any atom is -0.478 e. The molecule has 2 aliphatic rings. The lowest BCUT2D eigenvalue weighted by Crippen LogP contribution is -2.09. The van der Waals surface area contributed by atoms with Crippen LogP contribution in [0.25, 0.3) is 22.3 Å². The van der Waals surface area contributed by atoms with Crippen LogP contribution in [0.2, 0.25) is 0 Å². The van der Waals surface area contributed by atoms with E-state index in [1.165, 1.54) is 68.8 Å². The highest BCUT2D eigenvalue weighted by Gasteiger charge is 2.17. The van der Waals surface area contributed by atoms with Crippen LogP contribution in [-0.2, 0) is 17.6 Å². The maximum Gasteiger partial charge on any atom is 0.338 e. The topological polar surface area (TPSA) is 83.8 Å². The molecule has 0 aliphatic heterocycles. The number of aromatic carboxylic acids is 1. The van der Waals surface area contributed by atoms with E-state index < -0.39 is 11.9 Å². The van der Waals surface area contributed by atoms with Crippen LogP contribution in [-0.4, -0.2) is 35.4 Å². The van der Waals surface area contributed by atoms with Gasteiger partial charge in [-0.3, -0.25) is 0 Å². The Kier molecular flexibility index (Phi) is 8.67. The van der Waals surface area contributed by atoms with Crippen molar-refractivity contribution < 1.29 is 24.5 Å². The fourth-order valence-corrected chi connectivity index (χ4v) is 5.13. The predicted molar refractivity (Wildman–Crippen MR) is 160 cm³/mol. The normalized spacial score (nSPS) is 11.3. The molecule has 0 saturated carbocycles. The van der Waals surface area contributed by atoms with Gasteiger partial charge in [0.05, 0.1) is 17.7 Å². The lowest BCUT2D eigenvalue weighted by molar-refractivity contribution is 0.0433. The molecule has 0 amide bonds. The summed E-state index contributed by atoms with van der Waals surface area (Å²) in [4.78, 5) is 21.7. The number of carboxylic acid groups (broad SMARTS) is 1. The number of fused-ring (bicyclic) bond motifs is 6. The van der Waals surface area contributed by atoms with Crippen molar-refractivity contribution in [2.45, 2.75) is 12.8 Å².